The fraction of sp³-hybridized carbons (Fsp3) is 0.391. The predicted molar refractivity (Wildman–Crippen MR) is 132 cm³/mol. The van der Waals surface area contributed by atoms with E-state index in [1.807, 2.05) is 18.2 Å². The Bertz CT molecular complexity index is 1310. The molecule has 2 aromatic carbocycles. The summed E-state index contributed by atoms with van der Waals surface area (Å²) in [6, 6.07) is 9.58. The molecule has 3 heterocycles. The van der Waals surface area contributed by atoms with Crippen LogP contribution < -0.4 is 4.90 Å². The van der Waals surface area contributed by atoms with Gasteiger partial charge >= 0.3 is 0 Å². The van der Waals surface area contributed by atoms with Crippen LogP contribution in [0.15, 0.2) is 51.8 Å². The number of anilines is 1. The number of amides is 1. The number of benzene rings is 2. The zero-order valence-corrected chi connectivity index (χ0v) is 21.4. The zero-order chi connectivity index (χ0) is 23.9. The molecule has 2 saturated heterocycles. The van der Waals surface area contributed by atoms with E-state index in [0.29, 0.717) is 31.1 Å². The van der Waals surface area contributed by atoms with Crippen LogP contribution in [0.1, 0.15) is 25.7 Å². The monoisotopic (exact) mass is 567 g/mol. The van der Waals surface area contributed by atoms with E-state index in [4.69, 9.17) is 4.74 Å². The smallest absolute Gasteiger partial charge is 0.247 e. The van der Waals surface area contributed by atoms with Gasteiger partial charge in [-0.05, 0) is 68.1 Å². The molecule has 0 bridgehead atoms. The number of thiazole rings is 1. The molecule has 11 heteroatoms. The Hall–Kier alpha value is -1.92. The number of halogens is 2. The molecule has 1 amide bonds. The van der Waals surface area contributed by atoms with Crippen molar-refractivity contribution in [3.63, 3.8) is 0 Å². The summed E-state index contributed by atoms with van der Waals surface area (Å²) in [4.78, 5) is 20.1. The fourth-order valence-corrected chi connectivity index (χ4v) is 7.64. The van der Waals surface area contributed by atoms with Crippen molar-refractivity contribution in [2.24, 2.45) is 0 Å². The van der Waals surface area contributed by atoms with E-state index in [-0.39, 0.29) is 23.5 Å². The summed E-state index contributed by atoms with van der Waals surface area (Å²) in [5.74, 6) is -0.824. The van der Waals surface area contributed by atoms with Gasteiger partial charge in [0.05, 0.1) is 27.8 Å². The Balaban J connectivity index is 1.48. The number of carbonyl (C=O) groups is 1. The van der Waals surface area contributed by atoms with Gasteiger partial charge in [-0.2, -0.15) is 4.31 Å². The van der Waals surface area contributed by atoms with E-state index >= 15 is 0 Å². The van der Waals surface area contributed by atoms with Crippen LogP contribution in [-0.4, -0.2) is 55.5 Å². The van der Waals surface area contributed by atoms with E-state index in [2.05, 4.69) is 20.9 Å². The molecule has 2 aliphatic rings. The first kappa shape index (κ1) is 23.8. The predicted octanol–water partition coefficient (Wildman–Crippen LogP) is 4.56. The first-order valence-corrected chi connectivity index (χ1v) is 14.1. The Morgan fingerprint density at radius 2 is 2.00 bits per heavy atom. The number of nitrogens with zero attached hydrogens (tertiary/aromatic N) is 3. The molecule has 180 valence electrons. The Labute approximate surface area is 209 Å². The highest BCUT2D eigenvalue weighted by atomic mass is 79.9. The molecular formula is C23H23BrFN3O4S2. The quantitative estimate of drug-likeness (QED) is 0.436. The maximum absolute atomic E-state index is 13.9. The molecule has 0 spiro atoms. The molecule has 3 aromatic rings. The first-order valence-electron chi connectivity index (χ1n) is 11.1. The van der Waals surface area contributed by atoms with Gasteiger partial charge in [0, 0.05) is 17.6 Å². The van der Waals surface area contributed by atoms with Crippen LogP contribution in [-0.2, 0) is 19.6 Å². The van der Waals surface area contributed by atoms with Gasteiger partial charge in [0.25, 0.3) is 0 Å². The normalized spacial score (nSPS) is 21.4. The average Bonchev–Trinajstić information content (AvgIpc) is 3.57. The topological polar surface area (TPSA) is 79.8 Å². The van der Waals surface area contributed by atoms with Crippen molar-refractivity contribution in [3.05, 3.63) is 52.8 Å². The summed E-state index contributed by atoms with van der Waals surface area (Å²) in [5, 5.41) is 0.527. The lowest BCUT2D eigenvalue weighted by molar-refractivity contribution is -0.122. The van der Waals surface area contributed by atoms with Gasteiger partial charge in [0.15, 0.2) is 5.13 Å². The number of rotatable bonds is 6. The van der Waals surface area contributed by atoms with Gasteiger partial charge in [0.1, 0.15) is 11.9 Å². The molecule has 0 aliphatic carbocycles. The van der Waals surface area contributed by atoms with E-state index in [9.17, 15) is 17.6 Å². The van der Waals surface area contributed by atoms with Crippen molar-refractivity contribution in [2.75, 3.05) is 24.6 Å². The number of hydrogen-bond acceptors (Lipinski definition) is 6. The molecule has 5 rings (SSSR count). The third kappa shape index (κ3) is 4.64. The Morgan fingerprint density at radius 1 is 1.21 bits per heavy atom. The molecule has 34 heavy (non-hydrogen) atoms. The molecule has 2 fully saturated rings. The van der Waals surface area contributed by atoms with Crippen molar-refractivity contribution in [3.8, 4) is 0 Å². The second-order valence-electron chi connectivity index (χ2n) is 8.42. The molecule has 2 aliphatic heterocycles. The van der Waals surface area contributed by atoms with Crippen molar-refractivity contribution in [1.82, 2.24) is 9.29 Å². The number of ether oxygens (including phenoxy) is 1. The van der Waals surface area contributed by atoms with Crippen LogP contribution in [0.5, 0.6) is 0 Å². The standard InChI is InChI=1S/C23H23BrFN3O4S2/c24-15-5-10-19-21(13-15)33-23(26-19)27(14-17-3-2-12-32-17)22(29)20-4-1-11-28(20)34(30,31)18-8-6-16(25)7-9-18/h5-10,13,17,20H,1-4,11-12,14H2. The molecule has 0 saturated carbocycles. The van der Waals surface area contributed by atoms with Crippen LogP contribution in [0.4, 0.5) is 9.52 Å². The lowest BCUT2D eigenvalue weighted by Crippen LogP contribution is -2.49. The number of hydrogen-bond donors (Lipinski definition) is 0. The van der Waals surface area contributed by atoms with E-state index in [0.717, 1.165) is 39.7 Å². The molecule has 2 unspecified atom stereocenters. The van der Waals surface area contributed by atoms with E-state index in [1.165, 1.54) is 27.8 Å². The van der Waals surface area contributed by atoms with Crippen LogP contribution in [0.2, 0.25) is 0 Å². The van der Waals surface area contributed by atoms with Gasteiger partial charge in [0.2, 0.25) is 15.9 Å². The van der Waals surface area contributed by atoms with Gasteiger partial charge in [-0.3, -0.25) is 9.69 Å². The van der Waals surface area contributed by atoms with Gasteiger partial charge < -0.3 is 4.74 Å². The van der Waals surface area contributed by atoms with Crippen molar-refractivity contribution >= 4 is 58.5 Å². The zero-order valence-electron chi connectivity index (χ0n) is 18.2. The molecule has 7 nitrogen and oxygen atoms in total. The minimum atomic E-state index is -3.96. The maximum atomic E-state index is 13.9. The average molecular weight is 568 g/mol. The lowest BCUT2D eigenvalue weighted by atomic mass is 10.2. The van der Waals surface area contributed by atoms with Gasteiger partial charge in [-0.25, -0.2) is 17.8 Å². The van der Waals surface area contributed by atoms with Crippen LogP contribution in [0.3, 0.4) is 0 Å². The van der Waals surface area contributed by atoms with Crippen molar-refractivity contribution in [1.29, 1.82) is 0 Å². The summed E-state index contributed by atoms with van der Waals surface area (Å²) in [7, 11) is -3.96. The Morgan fingerprint density at radius 3 is 2.74 bits per heavy atom. The number of carbonyl (C=O) groups excluding carboxylic acids is 1. The Kier molecular flexibility index (Phi) is 6.73. The lowest BCUT2D eigenvalue weighted by Gasteiger charge is -2.29. The maximum Gasteiger partial charge on any atom is 0.247 e. The largest absolute Gasteiger partial charge is 0.376 e. The molecular weight excluding hydrogens is 545 g/mol. The summed E-state index contributed by atoms with van der Waals surface area (Å²) >= 11 is 4.87. The van der Waals surface area contributed by atoms with Crippen LogP contribution in [0.25, 0.3) is 10.2 Å². The minimum Gasteiger partial charge on any atom is -0.376 e. The second kappa shape index (κ2) is 9.62. The van der Waals surface area contributed by atoms with E-state index in [1.54, 1.807) is 4.90 Å². The summed E-state index contributed by atoms with van der Waals surface area (Å²) in [6.45, 7) is 1.20. The van der Waals surface area contributed by atoms with Crippen molar-refractivity contribution < 1.29 is 22.3 Å². The molecule has 0 radical (unpaired) electrons. The van der Waals surface area contributed by atoms with Gasteiger partial charge in [-0.1, -0.05) is 27.3 Å². The fourth-order valence-electron chi connectivity index (χ4n) is 4.45. The minimum absolute atomic E-state index is 0.0240. The number of sulfonamides is 1. The summed E-state index contributed by atoms with van der Waals surface area (Å²) < 4.78 is 48.9. The van der Waals surface area contributed by atoms with Gasteiger partial charge in [-0.15, -0.1) is 0 Å². The number of fused-ring (bicyclic) bond motifs is 1. The highest BCUT2D eigenvalue weighted by molar-refractivity contribution is 9.10. The summed E-state index contributed by atoms with van der Waals surface area (Å²) in [6.07, 6.45) is 2.62. The number of aromatic nitrogens is 1. The molecule has 1 aromatic heterocycles. The van der Waals surface area contributed by atoms with Crippen LogP contribution >= 0.6 is 27.3 Å². The van der Waals surface area contributed by atoms with E-state index < -0.39 is 21.9 Å². The second-order valence-corrected chi connectivity index (χ2v) is 12.2. The van der Waals surface area contributed by atoms with Crippen molar-refractivity contribution in [2.45, 2.75) is 42.7 Å². The first-order chi connectivity index (χ1) is 16.3. The molecule has 2 atom stereocenters. The van der Waals surface area contributed by atoms with Crippen LogP contribution in [0, 0.1) is 5.82 Å². The summed E-state index contributed by atoms with van der Waals surface area (Å²) in [5.41, 5.74) is 0.774. The molecule has 0 N–H and O–H groups in total. The third-order valence-electron chi connectivity index (χ3n) is 6.16. The third-order valence-corrected chi connectivity index (χ3v) is 9.61. The SMILES string of the molecule is O=C(C1CCCN1S(=O)(=O)c1ccc(F)cc1)N(CC1CCCO1)c1nc2ccc(Br)cc2s1. The highest BCUT2D eigenvalue weighted by Crippen LogP contribution is 2.34. The highest BCUT2D eigenvalue weighted by Gasteiger charge is 2.42.